The van der Waals surface area contributed by atoms with E-state index in [1.165, 1.54) is 17.7 Å². The fourth-order valence-electron chi connectivity index (χ4n) is 4.08. The zero-order valence-electron chi connectivity index (χ0n) is 18.1. The molecule has 0 spiro atoms. The van der Waals surface area contributed by atoms with E-state index in [0.717, 1.165) is 49.4 Å². The number of hydrogen-bond acceptors (Lipinski definition) is 4. The summed E-state index contributed by atoms with van der Waals surface area (Å²) in [7, 11) is 0. The van der Waals surface area contributed by atoms with Gasteiger partial charge in [-0.1, -0.05) is 18.2 Å². The average Bonchev–Trinajstić information content (AvgIpc) is 3.18. The number of nitrogens with zero attached hydrogens (tertiary/aromatic N) is 1. The van der Waals surface area contributed by atoms with Gasteiger partial charge in [0.15, 0.2) is 6.61 Å². The van der Waals surface area contributed by atoms with E-state index in [1.807, 2.05) is 25.1 Å². The molecule has 0 saturated carbocycles. The number of ether oxygens (including phenoxy) is 1. The van der Waals surface area contributed by atoms with Gasteiger partial charge in [0.2, 0.25) is 0 Å². The number of hydrogen-bond donors (Lipinski definition) is 1. The second kappa shape index (κ2) is 9.31. The van der Waals surface area contributed by atoms with Crippen molar-refractivity contribution in [3.63, 3.8) is 0 Å². The quantitative estimate of drug-likeness (QED) is 0.521. The first-order valence-electron chi connectivity index (χ1n) is 10.7. The van der Waals surface area contributed by atoms with Gasteiger partial charge in [0.1, 0.15) is 17.3 Å². The van der Waals surface area contributed by atoms with Crippen LogP contribution in [0.5, 0.6) is 5.75 Å². The highest BCUT2D eigenvalue weighted by molar-refractivity contribution is 5.68. The Bertz CT molecular complexity index is 1120. The summed E-state index contributed by atoms with van der Waals surface area (Å²) < 4.78 is 49.7. The van der Waals surface area contributed by atoms with Crippen LogP contribution in [0.1, 0.15) is 35.4 Å². The fraction of sp³-hybridized carbons (Fsp3) is 0.320. The SMILES string of the molecule is CC(c1ccc(-c2ccc(C(F)(F)F)cc2)o1)N1CCc2ccc(OCC(=O)O)cc2CC1. The topological polar surface area (TPSA) is 62.9 Å². The Hall–Kier alpha value is -3.26. The van der Waals surface area contributed by atoms with E-state index in [9.17, 15) is 18.0 Å². The number of aliphatic carboxylic acids is 1. The van der Waals surface area contributed by atoms with Crippen LogP contribution in [0.25, 0.3) is 11.3 Å². The molecule has 0 aliphatic carbocycles. The van der Waals surface area contributed by atoms with E-state index in [2.05, 4.69) is 4.90 Å². The van der Waals surface area contributed by atoms with Crippen molar-refractivity contribution in [2.75, 3.05) is 19.7 Å². The van der Waals surface area contributed by atoms with E-state index in [1.54, 1.807) is 12.1 Å². The van der Waals surface area contributed by atoms with Crippen LogP contribution in [0.2, 0.25) is 0 Å². The molecule has 0 saturated heterocycles. The molecule has 8 heteroatoms. The van der Waals surface area contributed by atoms with Gasteiger partial charge in [-0.25, -0.2) is 4.79 Å². The molecular weight excluding hydrogens is 435 g/mol. The smallest absolute Gasteiger partial charge is 0.416 e. The molecule has 1 N–H and O–H groups in total. The third-order valence-corrected chi connectivity index (χ3v) is 5.96. The summed E-state index contributed by atoms with van der Waals surface area (Å²) in [5, 5.41) is 8.80. The summed E-state index contributed by atoms with van der Waals surface area (Å²) in [5.74, 6) is 0.814. The highest BCUT2D eigenvalue weighted by Gasteiger charge is 2.30. The average molecular weight is 459 g/mol. The molecule has 2 aromatic carbocycles. The molecule has 0 fully saturated rings. The molecule has 0 radical (unpaired) electrons. The minimum Gasteiger partial charge on any atom is -0.482 e. The van der Waals surface area contributed by atoms with Gasteiger partial charge in [-0.2, -0.15) is 13.2 Å². The van der Waals surface area contributed by atoms with Crippen molar-refractivity contribution in [3.05, 3.63) is 77.0 Å². The Balaban J connectivity index is 1.43. The monoisotopic (exact) mass is 459 g/mol. The van der Waals surface area contributed by atoms with E-state index in [4.69, 9.17) is 14.3 Å². The second-order valence-corrected chi connectivity index (χ2v) is 8.10. The molecule has 1 aromatic heterocycles. The third-order valence-electron chi connectivity index (χ3n) is 5.96. The van der Waals surface area contributed by atoms with Gasteiger partial charge in [0, 0.05) is 18.7 Å². The Morgan fingerprint density at radius 2 is 1.76 bits per heavy atom. The fourth-order valence-corrected chi connectivity index (χ4v) is 4.08. The maximum atomic E-state index is 12.8. The van der Waals surface area contributed by atoms with E-state index in [0.29, 0.717) is 17.1 Å². The summed E-state index contributed by atoms with van der Waals surface area (Å²) in [5.41, 5.74) is 2.25. The van der Waals surface area contributed by atoms with E-state index in [-0.39, 0.29) is 12.6 Å². The molecule has 3 aromatic rings. The summed E-state index contributed by atoms with van der Waals surface area (Å²) in [4.78, 5) is 13.0. The number of carbonyl (C=O) groups is 1. The van der Waals surface area contributed by atoms with Crippen molar-refractivity contribution in [3.8, 4) is 17.1 Å². The molecule has 5 nitrogen and oxygen atoms in total. The maximum absolute atomic E-state index is 12.8. The van der Waals surface area contributed by atoms with Crippen molar-refractivity contribution < 1.29 is 32.2 Å². The van der Waals surface area contributed by atoms with Crippen LogP contribution in [-0.2, 0) is 23.8 Å². The van der Waals surface area contributed by atoms with Crippen LogP contribution in [0.4, 0.5) is 13.2 Å². The Morgan fingerprint density at radius 1 is 1.06 bits per heavy atom. The van der Waals surface area contributed by atoms with Crippen molar-refractivity contribution in [1.29, 1.82) is 0 Å². The first-order valence-corrected chi connectivity index (χ1v) is 10.7. The van der Waals surface area contributed by atoms with Crippen molar-refractivity contribution in [2.24, 2.45) is 0 Å². The normalized spacial score (nSPS) is 15.5. The predicted molar refractivity (Wildman–Crippen MR) is 116 cm³/mol. The summed E-state index contributed by atoms with van der Waals surface area (Å²) in [6.45, 7) is 3.28. The molecular formula is C25H24F3NO4. The Kier molecular flexibility index (Phi) is 6.47. The molecule has 4 rings (SSSR count). The number of carboxylic acid groups (broad SMARTS) is 1. The number of halogens is 3. The molecule has 33 heavy (non-hydrogen) atoms. The van der Waals surface area contributed by atoms with Crippen LogP contribution < -0.4 is 4.74 Å². The molecule has 0 bridgehead atoms. The number of fused-ring (bicyclic) bond motifs is 1. The molecule has 1 aliphatic heterocycles. The van der Waals surface area contributed by atoms with Gasteiger partial charge in [-0.05, 0) is 67.3 Å². The van der Waals surface area contributed by atoms with Crippen LogP contribution in [-0.4, -0.2) is 35.7 Å². The highest BCUT2D eigenvalue weighted by atomic mass is 19.4. The Morgan fingerprint density at radius 3 is 2.42 bits per heavy atom. The lowest BCUT2D eigenvalue weighted by atomic mass is 10.0. The number of benzene rings is 2. The van der Waals surface area contributed by atoms with Crippen LogP contribution in [0, 0.1) is 0 Å². The van der Waals surface area contributed by atoms with Gasteiger partial charge in [-0.15, -0.1) is 0 Å². The number of carboxylic acids is 1. The maximum Gasteiger partial charge on any atom is 0.416 e. The number of alkyl halides is 3. The zero-order chi connectivity index (χ0) is 23.6. The standard InChI is InChI=1S/C25H24F3NO4/c1-16(22-8-9-23(33-22)18-2-5-20(6-3-18)25(26,27)28)29-12-10-17-4-7-21(32-15-24(30)31)14-19(17)11-13-29/h2-9,14,16H,10-13,15H2,1H3,(H,30,31). The van der Waals surface area contributed by atoms with Gasteiger partial charge in [0.05, 0.1) is 11.6 Å². The highest BCUT2D eigenvalue weighted by Crippen LogP contribution is 2.33. The largest absolute Gasteiger partial charge is 0.482 e. The Labute approximate surface area is 189 Å². The lowest BCUT2D eigenvalue weighted by Crippen LogP contribution is -2.29. The van der Waals surface area contributed by atoms with Crippen LogP contribution in [0.15, 0.2) is 59.0 Å². The number of rotatable bonds is 6. The zero-order valence-corrected chi connectivity index (χ0v) is 18.1. The van der Waals surface area contributed by atoms with Crippen molar-refractivity contribution >= 4 is 5.97 Å². The lowest BCUT2D eigenvalue weighted by molar-refractivity contribution is -0.139. The molecule has 1 aliphatic rings. The van der Waals surface area contributed by atoms with Gasteiger partial charge in [0.25, 0.3) is 0 Å². The molecule has 2 heterocycles. The first-order chi connectivity index (χ1) is 15.7. The minimum absolute atomic E-state index is 0.00904. The van der Waals surface area contributed by atoms with Gasteiger partial charge < -0.3 is 14.3 Å². The minimum atomic E-state index is -4.37. The van der Waals surface area contributed by atoms with Crippen molar-refractivity contribution in [1.82, 2.24) is 4.90 Å². The third kappa shape index (κ3) is 5.39. The predicted octanol–water partition coefficient (Wildman–Crippen LogP) is 5.59. The molecule has 0 amide bonds. The van der Waals surface area contributed by atoms with Crippen LogP contribution >= 0.6 is 0 Å². The first kappa shape index (κ1) is 22.9. The molecule has 1 unspecified atom stereocenters. The molecule has 174 valence electrons. The summed E-state index contributed by atoms with van der Waals surface area (Å²) >= 11 is 0. The van der Waals surface area contributed by atoms with E-state index >= 15 is 0 Å². The van der Waals surface area contributed by atoms with Gasteiger partial charge >= 0.3 is 12.1 Å². The van der Waals surface area contributed by atoms with Crippen LogP contribution in [0.3, 0.4) is 0 Å². The van der Waals surface area contributed by atoms with Gasteiger partial charge in [-0.3, -0.25) is 4.90 Å². The van der Waals surface area contributed by atoms with Crippen molar-refractivity contribution in [2.45, 2.75) is 32.0 Å². The number of furan rings is 1. The lowest BCUT2D eigenvalue weighted by Gasteiger charge is -2.25. The van der Waals surface area contributed by atoms with E-state index < -0.39 is 17.7 Å². The second-order valence-electron chi connectivity index (χ2n) is 8.10. The summed E-state index contributed by atoms with van der Waals surface area (Å²) in [6.07, 6.45) is -2.74. The summed E-state index contributed by atoms with van der Waals surface area (Å²) in [6, 6.07) is 14.3. The molecule has 1 atom stereocenters.